The van der Waals surface area contributed by atoms with Gasteiger partial charge >= 0.3 is 0 Å². The highest BCUT2D eigenvalue weighted by atomic mass is 16.5. The van der Waals surface area contributed by atoms with Crippen molar-refractivity contribution in [3.8, 4) is 0 Å². The van der Waals surface area contributed by atoms with E-state index in [-0.39, 0.29) is 0 Å². The Morgan fingerprint density at radius 2 is 2.17 bits per heavy atom. The van der Waals surface area contributed by atoms with Gasteiger partial charge in [-0.3, -0.25) is 4.90 Å². The quantitative estimate of drug-likeness (QED) is 0.788. The highest BCUT2D eigenvalue weighted by molar-refractivity contribution is 4.83. The second-order valence-electron chi connectivity index (χ2n) is 5.84. The Balaban J connectivity index is 1.69. The zero-order valence-corrected chi connectivity index (χ0v) is 12.2. The lowest BCUT2D eigenvalue weighted by Gasteiger charge is -2.32. The minimum atomic E-state index is 0.507. The number of nitrogens with one attached hydrogen (secondary N) is 1. The van der Waals surface area contributed by atoms with Gasteiger partial charge in [0.15, 0.2) is 0 Å². The van der Waals surface area contributed by atoms with Crippen molar-refractivity contribution >= 4 is 0 Å². The molecule has 3 nitrogen and oxygen atoms in total. The second-order valence-corrected chi connectivity index (χ2v) is 5.84. The zero-order valence-electron chi connectivity index (χ0n) is 12.2. The molecule has 1 N–H and O–H groups in total. The summed E-state index contributed by atoms with van der Waals surface area (Å²) in [6.07, 6.45) is 8.14. The first-order valence-corrected chi connectivity index (χ1v) is 7.92. The molecule has 18 heavy (non-hydrogen) atoms. The lowest BCUT2D eigenvalue weighted by molar-refractivity contribution is -0.00392. The molecule has 106 valence electrons. The minimum Gasteiger partial charge on any atom is -0.378 e. The average molecular weight is 254 g/mol. The number of rotatable bonds is 6. The average Bonchev–Trinajstić information content (AvgIpc) is 2.84. The maximum atomic E-state index is 5.81. The molecule has 2 aliphatic rings. The first kappa shape index (κ1) is 14.3. The van der Waals surface area contributed by atoms with Crippen LogP contribution in [0, 0.1) is 0 Å². The maximum Gasteiger partial charge on any atom is 0.0589 e. The Labute approximate surface area is 112 Å². The van der Waals surface area contributed by atoms with Gasteiger partial charge in [0.2, 0.25) is 0 Å². The summed E-state index contributed by atoms with van der Waals surface area (Å²) >= 11 is 0. The molecule has 2 heterocycles. The lowest BCUT2D eigenvalue weighted by Crippen LogP contribution is -2.45. The van der Waals surface area contributed by atoms with Crippen molar-refractivity contribution in [3.63, 3.8) is 0 Å². The largest absolute Gasteiger partial charge is 0.378 e. The SMILES string of the molecule is CCCC1CC(NCC2CCCN2CC)CCO1. The molecular weight excluding hydrogens is 224 g/mol. The van der Waals surface area contributed by atoms with Crippen LogP contribution in [-0.4, -0.2) is 49.3 Å². The smallest absolute Gasteiger partial charge is 0.0589 e. The van der Waals surface area contributed by atoms with Crippen LogP contribution in [0.2, 0.25) is 0 Å². The maximum absolute atomic E-state index is 5.81. The van der Waals surface area contributed by atoms with Gasteiger partial charge in [-0.15, -0.1) is 0 Å². The van der Waals surface area contributed by atoms with Gasteiger partial charge < -0.3 is 10.1 Å². The van der Waals surface area contributed by atoms with Gasteiger partial charge in [-0.1, -0.05) is 20.3 Å². The van der Waals surface area contributed by atoms with Crippen LogP contribution in [0.25, 0.3) is 0 Å². The van der Waals surface area contributed by atoms with E-state index in [2.05, 4.69) is 24.1 Å². The highest BCUT2D eigenvalue weighted by Gasteiger charge is 2.26. The Hall–Kier alpha value is -0.120. The predicted molar refractivity (Wildman–Crippen MR) is 75.9 cm³/mol. The molecule has 0 aliphatic carbocycles. The molecule has 0 aromatic rings. The summed E-state index contributed by atoms with van der Waals surface area (Å²) in [6.45, 7) is 9.16. The summed E-state index contributed by atoms with van der Waals surface area (Å²) in [4.78, 5) is 2.62. The molecule has 2 rings (SSSR count). The van der Waals surface area contributed by atoms with Gasteiger partial charge in [0.05, 0.1) is 6.10 Å². The van der Waals surface area contributed by atoms with Crippen molar-refractivity contribution in [1.29, 1.82) is 0 Å². The molecule has 0 radical (unpaired) electrons. The number of hydrogen-bond donors (Lipinski definition) is 1. The van der Waals surface area contributed by atoms with Crippen LogP contribution >= 0.6 is 0 Å². The summed E-state index contributed by atoms with van der Waals surface area (Å²) < 4.78 is 5.81. The summed E-state index contributed by atoms with van der Waals surface area (Å²) in [5, 5.41) is 3.79. The molecular formula is C15H30N2O. The van der Waals surface area contributed by atoms with Crippen molar-refractivity contribution in [2.75, 3.05) is 26.2 Å². The molecule has 0 bridgehead atoms. The van der Waals surface area contributed by atoms with Crippen LogP contribution in [0.4, 0.5) is 0 Å². The van der Waals surface area contributed by atoms with Gasteiger partial charge in [0.1, 0.15) is 0 Å². The van der Waals surface area contributed by atoms with Gasteiger partial charge in [-0.05, 0) is 45.2 Å². The van der Waals surface area contributed by atoms with Crippen LogP contribution in [-0.2, 0) is 4.74 Å². The fourth-order valence-corrected chi connectivity index (χ4v) is 3.43. The molecule has 2 aliphatic heterocycles. The van der Waals surface area contributed by atoms with E-state index in [4.69, 9.17) is 4.74 Å². The van der Waals surface area contributed by atoms with Crippen LogP contribution in [0.5, 0.6) is 0 Å². The number of hydrogen-bond acceptors (Lipinski definition) is 3. The third kappa shape index (κ3) is 3.94. The Morgan fingerprint density at radius 3 is 2.94 bits per heavy atom. The molecule has 0 saturated carbocycles. The van der Waals surface area contributed by atoms with Crippen molar-refractivity contribution in [2.24, 2.45) is 0 Å². The van der Waals surface area contributed by atoms with E-state index in [1.165, 1.54) is 58.2 Å². The van der Waals surface area contributed by atoms with Crippen LogP contribution in [0.1, 0.15) is 52.4 Å². The molecule has 2 fully saturated rings. The van der Waals surface area contributed by atoms with Crippen molar-refractivity contribution in [2.45, 2.75) is 70.6 Å². The molecule has 0 aromatic heterocycles. The van der Waals surface area contributed by atoms with Gasteiger partial charge in [0, 0.05) is 25.2 Å². The monoisotopic (exact) mass is 254 g/mol. The molecule has 0 spiro atoms. The summed E-state index contributed by atoms with van der Waals surface area (Å²) in [7, 11) is 0. The second kappa shape index (κ2) is 7.46. The third-order valence-corrected chi connectivity index (χ3v) is 4.53. The van der Waals surface area contributed by atoms with Gasteiger partial charge in [0.25, 0.3) is 0 Å². The zero-order chi connectivity index (χ0) is 12.8. The Kier molecular flexibility index (Phi) is 5.93. The van der Waals surface area contributed by atoms with E-state index in [9.17, 15) is 0 Å². The molecule has 3 unspecified atom stereocenters. The number of likely N-dealkylation sites (N-methyl/N-ethyl adjacent to an activating group) is 1. The lowest BCUT2D eigenvalue weighted by atomic mass is 10.00. The third-order valence-electron chi connectivity index (χ3n) is 4.53. The Bertz CT molecular complexity index is 233. The fraction of sp³-hybridized carbons (Fsp3) is 1.00. The van der Waals surface area contributed by atoms with Crippen LogP contribution in [0.3, 0.4) is 0 Å². The van der Waals surface area contributed by atoms with E-state index in [1.54, 1.807) is 0 Å². The molecule has 0 amide bonds. The van der Waals surface area contributed by atoms with Gasteiger partial charge in [-0.2, -0.15) is 0 Å². The van der Waals surface area contributed by atoms with E-state index in [1.807, 2.05) is 0 Å². The highest BCUT2D eigenvalue weighted by Crippen LogP contribution is 2.20. The Morgan fingerprint density at radius 1 is 1.28 bits per heavy atom. The number of ether oxygens (including phenoxy) is 1. The van der Waals surface area contributed by atoms with Gasteiger partial charge in [-0.25, -0.2) is 0 Å². The summed E-state index contributed by atoms with van der Waals surface area (Å²) in [5.41, 5.74) is 0. The number of likely N-dealkylation sites (tertiary alicyclic amines) is 1. The predicted octanol–water partition coefficient (Wildman–Crippen LogP) is 2.41. The minimum absolute atomic E-state index is 0.507. The summed E-state index contributed by atoms with van der Waals surface area (Å²) in [6, 6.07) is 1.47. The van der Waals surface area contributed by atoms with Crippen LogP contribution < -0.4 is 5.32 Å². The van der Waals surface area contributed by atoms with Crippen molar-refractivity contribution in [1.82, 2.24) is 10.2 Å². The number of nitrogens with zero attached hydrogens (tertiary/aromatic N) is 1. The molecule has 0 aromatic carbocycles. The standard InChI is InChI=1S/C15H30N2O/c1-3-6-15-11-13(8-10-18-15)16-12-14-7-5-9-17(14)4-2/h13-16H,3-12H2,1-2H3. The first-order valence-electron chi connectivity index (χ1n) is 7.92. The molecule has 2 saturated heterocycles. The van der Waals surface area contributed by atoms with Crippen LogP contribution in [0.15, 0.2) is 0 Å². The first-order chi connectivity index (χ1) is 8.83. The molecule has 3 heteroatoms. The van der Waals surface area contributed by atoms with E-state index < -0.39 is 0 Å². The van der Waals surface area contributed by atoms with Crippen molar-refractivity contribution < 1.29 is 4.74 Å². The van der Waals surface area contributed by atoms with E-state index in [0.717, 1.165) is 12.6 Å². The topological polar surface area (TPSA) is 24.5 Å². The van der Waals surface area contributed by atoms with E-state index in [0.29, 0.717) is 12.1 Å². The normalized spacial score (nSPS) is 34.0. The van der Waals surface area contributed by atoms with Crippen molar-refractivity contribution in [3.05, 3.63) is 0 Å². The summed E-state index contributed by atoms with van der Waals surface area (Å²) in [5.74, 6) is 0. The molecule has 3 atom stereocenters. The fourth-order valence-electron chi connectivity index (χ4n) is 3.43. The van der Waals surface area contributed by atoms with E-state index >= 15 is 0 Å².